The molecule has 0 radical (unpaired) electrons. The lowest BCUT2D eigenvalue weighted by atomic mass is 10.2. The number of benzene rings is 1. The van der Waals surface area contributed by atoms with Crippen LogP contribution in [0.15, 0.2) is 18.2 Å². The van der Waals surface area contributed by atoms with E-state index in [4.69, 9.17) is 5.73 Å². The fourth-order valence-corrected chi connectivity index (χ4v) is 1.57. The molecule has 2 nitrogen and oxygen atoms in total. The average Bonchev–Trinajstić information content (AvgIpc) is 2.01. The number of rotatable bonds is 3. The van der Waals surface area contributed by atoms with Crippen molar-refractivity contribution in [1.29, 1.82) is 0 Å². The Labute approximate surface area is 84.5 Å². The summed E-state index contributed by atoms with van der Waals surface area (Å²) in [5, 5.41) is 0. The minimum atomic E-state index is -0.256. The Morgan fingerprint density at radius 2 is 2.07 bits per heavy atom. The van der Waals surface area contributed by atoms with Crippen LogP contribution in [0.1, 0.15) is 13.8 Å². The molecule has 0 aliphatic rings. The molecule has 0 aromatic heterocycles. The van der Waals surface area contributed by atoms with E-state index in [1.54, 1.807) is 12.1 Å². The minimum Gasteiger partial charge on any atom is -0.397 e. The first-order valence-corrected chi connectivity index (χ1v) is 4.77. The SMILES string of the molecule is CC(C)CN(C)c1c(N)cccc1F. The summed E-state index contributed by atoms with van der Waals surface area (Å²) in [6, 6.07) is 4.77. The molecule has 0 saturated heterocycles. The quantitative estimate of drug-likeness (QED) is 0.752. The number of halogens is 1. The standard InChI is InChI=1S/C11H17FN2/c1-8(2)7-14(3)11-9(12)5-4-6-10(11)13/h4-6,8H,7,13H2,1-3H3. The second kappa shape index (κ2) is 4.31. The molecule has 0 unspecified atom stereocenters. The summed E-state index contributed by atoms with van der Waals surface area (Å²) in [5.41, 5.74) is 6.71. The number of nitrogens with zero attached hydrogens (tertiary/aromatic N) is 1. The number of anilines is 2. The summed E-state index contributed by atoms with van der Waals surface area (Å²) in [7, 11) is 1.86. The van der Waals surface area contributed by atoms with Crippen LogP contribution in [-0.2, 0) is 0 Å². The molecule has 2 N–H and O–H groups in total. The molecule has 0 spiro atoms. The van der Waals surface area contributed by atoms with E-state index in [2.05, 4.69) is 13.8 Å². The van der Waals surface area contributed by atoms with Gasteiger partial charge in [0.15, 0.2) is 0 Å². The Balaban J connectivity index is 2.94. The Morgan fingerprint density at radius 1 is 1.43 bits per heavy atom. The van der Waals surface area contributed by atoms with Gasteiger partial charge in [-0.3, -0.25) is 0 Å². The molecular weight excluding hydrogens is 179 g/mol. The zero-order chi connectivity index (χ0) is 10.7. The van der Waals surface area contributed by atoms with Crippen LogP contribution >= 0.6 is 0 Å². The fraction of sp³-hybridized carbons (Fsp3) is 0.455. The molecule has 0 heterocycles. The first kappa shape index (κ1) is 10.8. The lowest BCUT2D eigenvalue weighted by Gasteiger charge is -2.23. The normalized spacial score (nSPS) is 10.6. The van der Waals surface area contributed by atoms with Crippen molar-refractivity contribution in [2.24, 2.45) is 5.92 Å². The third-order valence-electron chi connectivity index (χ3n) is 2.04. The molecule has 0 aliphatic carbocycles. The summed E-state index contributed by atoms with van der Waals surface area (Å²) in [6.07, 6.45) is 0. The Bertz CT molecular complexity index is 290. The van der Waals surface area contributed by atoms with Crippen LogP contribution in [0.5, 0.6) is 0 Å². The van der Waals surface area contributed by atoms with Crippen LogP contribution in [-0.4, -0.2) is 13.6 Å². The molecule has 1 rings (SSSR count). The summed E-state index contributed by atoms with van der Waals surface area (Å²) < 4.78 is 13.4. The predicted molar refractivity (Wildman–Crippen MR) is 58.9 cm³/mol. The van der Waals surface area contributed by atoms with Gasteiger partial charge in [0.1, 0.15) is 5.82 Å². The fourth-order valence-electron chi connectivity index (χ4n) is 1.57. The molecule has 0 atom stereocenters. The van der Waals surface area contributed by atoms with Gasteiger partial charge in [-0.15, -0.1) is 0 Å². The molecule has 0 saturated carbocycles. The maximum absolute atomic E-state index is 13.4. The first-order chi connectivity index (χ1) is 6.52. The third-order valence-corrected chi connectivity index (χ3v) is 2.04. The summed E-state index contributed by atoms with van der Waals surface area (Å²) >= 11 is 0. The lowest BCUT2D eigenvalue weighted by molar-refractivity contribution is 0.600. The van der Waals surface area contributed by atoms with Crippen LogP contribution in [0.3, 0.4) is 0 Å². The van der Waals surface area contributed by atoms with E-state index in [9.17, 15) is 4.39 Å². The van der Waals surface area contributed by atoms with Gasteiger partial charge in [0.2, 0.25) is 0 Å². The highest BCUT2D eigenvalue weighted by Crippen LogP contribution is 2.25. The van der Waals surface area contributed by atoms with E-state index >= 15 is 0 Å². The van der Waals surface area contributed by atoms with Crippen molar-refractivity contribution < 1.29 is 4.39 Å². The Morgan fingerprint density at radius 3 is 2.57 bits per heavy atom. The highest BCUT2D eigenvalue weighted by atomic mass is 19.1. The van der Waals surface area contributed by atoms with Gasteiger partial charge >= 0.3 is 0 Å². The van der Waals surface area contributed by atoms with Gasteiger partial charge in [-0.25, -0.2) is 4.39 Å². The van der Waals surface area contributed by atoms with Crippen molar-refractivity contribution in [3.8, 4) is 0 Å². The molecule has 14 heavy (non-hydrogen) atoms. The van der Waals surface area contributed by atoms with E-state index in [0.717, 1.165) is 6.54 Å². The third kappa shape index (κ3) is 2.37. The molecule has 0 fully saturated rings. The van der Waals surface area contributed by atoms with Crippen molar-refractivity contribution >= 4 is 11.4 Å². The van der Waals surface area contributed by atoms with E-state index in [1.165, 1.54) is 6.07 Å². The topological polar surface area (TPSA) is 29.3 Å². The highest BCUT2D eigenvalue weighted by molar-refractivity contribution is 5.67. The monoisotopic (exact) mass is 196 g/mol. The smallest absolute Gasteiger partial charge is 0.148 e. The number of hydrogen-bond acceptors (Lipinski definition) is 2. The van der Waals surface area contributed by atoms with Gasteiger partial charge in [0.05, 0.1) is 11.4 Å². The van der Waals surface area contributed by atoms with E-state index in [1.807, 2.05) is 11.9 Å². The van der Waals surface area contributed by atoms with Gasteiger partial charge in [-0.05, 0) is 18.1 Å². The first-order valence-electron chi connectivity index (χ1n) is 4.77. The Kier molecular flexibility index (Phi) is 3.33. The highest BCUT2D eigenvalue weighted by Gasteiger charge is 2.11. The van der Waals surface area contributed by atoms with Crippen LogP contribution in [0.4, 0.5) is 15.8 Å². The van der Waals surface area contributed by atoms with Gasteiger partial charge in [-0.1, -0.05) is 19.9 Å². The van der Waals surface area contributed by atoms with Crippen molar-refractivity contribution in [2.45, 2.75) is 13.8 Å². The molecule has 78 valence electrons. The summed E-state index contributed by atoms with van der Waals surface area (Å²) in [6.45, 7) is 4.98. The maximum Gasteiger partial charge on any atom is 0.148 e. The van der Waals surface area contributed by atoms with Gasteiger partial charge in [-0.2, -0.15) is 0 Å². The van der Waals surface area contributed by atoms with Gasteiger partial charge in [0, 0.05) is 13.6 Å². The summed E-state index contributed by atoms with van der Waals surface area (Å²) in [4.78, 5) is 1.86. The molecule has 0 bridgehead atoms. The zero-order valence-corrected chi connectivity index (χ0v) is 8.92. The zero-order valence-electron chi connectivity index (χ0n) is 8.92. The van der Waals surface area contributed by atoms with Crippen molar-refractivity contribution in [3.05, 3.63) is 24.0 Å². The molecular formula is C11H17FN2. The number of hydrogen-bond donors (Lipinski definition) is 1. The van der Waals surface area contributed by atoms with E-state index < -0.39 is 0 Å². The predicted octanol–water partition coefficient (Wildman–Crippen LogP) is 2.50. The van der Waals surface area contributed by atoms with Crippen LogP contribution in [0, 0.1) is 11.7 Å². The van der Waals surface area contributed by atoms with Gasteiger partial charge in [0.25, 0.3) is 0 Å². The maximum atomic E-state index is 13.4. The van der Waals surface area contributed by atoms with Crippen molar-refractivity contribution in [3.63, 3.8) is 0 Å². The number of nitrogens with two attached hydrogens (primary N) is 1. The molecule has 3 heteroatoms. The summed E-state index contributed by atoms with van der Waals surface area (Å²) in [5.74, 6) is 0.229. The number of nitrogen functional groups attached to an aromatic ring is 1. The minimum absolute atomic E-state index is 0.256. The van der Waals surface area contributed by atoms with E-state index in [0.29, 0.717) is 17.3 Å². The second-order valence-electron chi connectivity index (χ2n) is 3.95. The van der Waals surface area contributed by atoms with Crippen LogP contribution in [0.2, 0.25) is 0 Å². The molecule has 1 aromatic rings. The van der Waals surface area contributed by atoms with Crippen LogP contribution in [0.25, 0.3) is 0 Å². The van der Waals surface area contributed by atoms with Crippen molar-refractivity contribution in [1.82, 2.24) is 0 Å². The van der Waals surface area contributed by atoms with Gasteiger partial charge < -0.3 is 10.6 Å². The van der Waals surface area contributed by atoms with E-state index in [-0.39, 0.29) is 5.82 Å². The molecule has 1 aromatic carbocycles. The lowest BCUT2D eigenvalue weighted by Crippen LogP contribution is -2.24. The van der Waals surface area contributed by atoms with Crippen molar-refractivity contribution in [2.75, 3.05) is 24.2 Å². The molecule has 0 amide bonds. The Hall–Kier alpha value is -1.25. The molecule has 0 aliphatic heterocycles. The largest absolute Gasteiger partial charge is 0.397 e. The number of para-hydroxylation sites is 1. The average molecular weight is 196 g/mol. The second-order valence-corrected chi connectivity index (χ2v) is 3.95. The van der Waals surface area contributed by atoms with Crippen LogP contribution < -0.4 is 10.6 Å².